The molecule has 2 aromatic rings. The van der Waals surface area contributed by atoms with Crippen molar-refractivity contribution in [2.75, 3.05) is 10.0 Å². The van der Waals surface area contributed by atoms with Gasteiger partial charge >= 0.3 is 0 Å². The van der Waals surface area contributed by atoms with Crippen LogP contribution in [0, 0.1) is 24.7 Å². The third-order valence-corrected chi connectivity index (χ3v) is 6.87. The molecule has 7 nitrogen and oxygen atoms in total. The smallest absolute Gasteiger partial charge is 0.264 e. The SMILES string of the molecule is Cc1ccnc(NS(=O)(=O)c2ccc(NC(=O)C3CC4CCC3C4)cc2)n1. The molecule has 0 aliphatic heterocycles. The first-order valence-corrected chi connectivity index (χ1v) is 10.6. The Kier molecular flexibility index (Phi) is 4.59. The van der Waals surface area contributed by atoms with Crippen molar-refractivity contribution in [1.29, 1.82) is 0 Å². The van der Waals surface area contributed by atoms with Crippen molar-refractivity contribution < 1.29 is 13.2 Å². The number of benzene rings is 1. The average molecular weight is 386 g/mol. The van der Waals surface area contributed by atoms with Crippen molar-refractivity contribution in [1.82, 2.24) is 9.97 Å². The Morgan fingerprint density at radius 3 is 2.52 bits per heavy atom. The number of rotatable bonds is 5. The molecule has 27 heavy (non-hydrogen) atoms. The first-order valence-electron chi connectivity index (χ1n) is 9.14. The molecular weight excluding hydrogens is 364 g/mol. The largest absolute Gasteiger partial charge is 0.326 e. The molecule has 2 bridgehead atoms. The van der Waals surface area contributed by atoms with Crippen LogP contribution in [0.3, 0.4) is 0 Å². The van der Waals surface area contributed by atoms with Gasteiger partial charge in [0.15, 0.2) is 0 Å². The van der Waals surface area contributed by atoms with Gasteiger partial charge < -0.3 is 5.32 Å². The highest BCUT2D eigenvalue weighted by Gasteiger charge is 2.43. The first-order chi connectivity index (χ1) is 12.9. The quantitative estimate of drug-likeness (QED) is 0.823. The summed E-state index contributed by atoms with van der Waals surface area (Å²) in [7, 11) is -3.79. The second-order valence-electron chi connectivity index (χ2n) is 7.42. The fourth-order valence-corrected chi connectivity index (χ4v) is 5.15. The molecule has 2 saturated carbocycles. The van der Waals surface area contributed by atoms with Gasteiger partial charge in [-0.2, -0.15) is 0 Å². The molecule has 142 valence electrons. The van der Waals surface area contributed by atoms with Crippen LogP contribution in [-0.4, -0.2) is 24.3 Å². The third-order valence-electron chi connectivity index (χ3n) is 5.53. The highest BCUT2D eigenvalue weighted by Crippen LogP contribution is 2.48. The van der Waals surface area contributed by atoms with Crippen LogP contribution in [0.25, 0.3) is 0 Å². The van der Waals surface area contributed by atoms with Crippen LogP contribution in [0.5, 0.6) is 0 Å². The van der Waals surface area contributed by atoms with E-state index in [1.807, 2.05) is 0 Å². The van der Waals surface area contributed by atoms with E-state index < -0.39 is 10.0 Å². The number of nitrogens with zero attached hydrogens (tertiary/aromatic N) is 2. The number of carbonyl (C=O) groups is 1. The Morgan fingerprint density at radius 1 is 1.11 bits per heavy atom. The fraction of sp³-hybridized carbons (Fsp3) is 0.421. The van der Waals surface area contributed by atoms with Gasteiger partial charge in [0.25, 0.3) is 10.0 Å². The van der Waals surface area contributed by atoms with Gasteiger partial charge in [-0.25, -0.2) is 23.1 Å². The van der Waals surface area contributed by atoms with Gasteiger partial charge in [0.1, 0.15) is 0 Å². The number of nitrogens with one attached hydrogen (secondary N) is 2. The van der Waals surface area contributed by atoms with E-state index >= 15 is 0 Å². The number of hydrogen-bond acceptors (Lipinski definition) is 5. The predicted octanol–water partition coefficient (Wildman–Crippen LogP) is 2.96. The van der Waals surface area contributed by atoms with E-state index in [1.165, 1.54) is 31.2 Å². The maximum absolute atomic E-state index is 12.5. The van der Waals surface area contributed by atoms with Crippen LogP contribution >= 0.6 is 0 Å². The van der Waals surface area contributed by atoms with Crippen molar-refractivity contribution >= 4 is 27.6 Å². The van der Waals surface area contributed by atoms with Crippen molar-refractivity contribution in [2.24, 2.45) is 17.8 Å². The number of aromatic nitrogens is 2. The van der Waals surface area contributed by atoms with Crippen LogP contribution in [0.4, 0.5) is 11.6 Å². The number of aryl methyl sites for hydroxylation is 1. The number of carbonyl (C=O) groups excluding carboxylic acids is 1. The Hall–Kier alpha value is -2.48. The lowest BCUT2D eigenvalue weighted by molar-refractivity contribution is -0.121. The molecule has 1 aromatic carbocycles. The molecule has 0 radical (unpaired) electrons. The second-order valence-corrected chi connectivity index (χ2v) is 9.10. The zero-order chi connectivity index (χ0) is 19.0. The summed E-state index contributed by atoms with van der Waals surface area (Å²) in [5, 5.41) is 2.93. The summed E-state index contributed by atoms with van der Waals surface area (Å²) < 4.78 is 27.3. The molecular formula is C19H22N4O3S. The summed E-state index contributed by atoms with van der Waals surface area (Å²) >= 11 is 0. The van der Waals surface area contributed by atoms with Crippen molar-refractivity contribution in [3.63, 3.8) is 0 Å². The second kappa shape index (κ2) is 6.92. The molecule has 1 heterocycles. The summed E-state index contributed by atoms with van der Waals surface area (Å²) in [5.74, 6) is 1.38. The van der Waals surface area contributed by atoms with E-state index in [0.29, 0.717) is 23.2 Å². The van der Waals surface area contributed by atoms with Crippen LogP contribution in [0.1, 0.15) is 31.4 Å². The van der Waals surface area contributed by atoms with E-state index in [1.54, 1.807) is 25.1 Å². The minimum Gasteiger partial charge on any atom is -0.326 e. The topological polar surface area (TPSA) is 101 Å². The normalized spacial score (nSPS) is 24.0. The Balaban J connectivity index is 1.43. The van der Waals surface area contributed by atoms with Crippen molar-refractivity contribution in [2.45, 2.75) is 37.5 Å². The lowest BCUT2D eigenvalue weighted by Crippen LogP contribution is -2.27. The van der Waals surface area contributed by atoms with Gasteiger partial charge in [-0.05, 0) is 68.4 Å². The number of fused-ring (bicyclic) bond motifs is 2. The molecule has 1 amide bonds. The zero-order valence-electron chi connectivity index (χ0n) is 15.1. The number of amides is 1. The maximum atomic E-state index is 12.5. The Morgan fingerprint density at radius 2 is 1.89 bits per heavy atom. The molecule has 2 aliphatic rings. The fourth-order valence-electron chi connectivity index (χ4n) is 4.20. The Bertz CT molecular complexity index is 959. The molecule has 3 atom stereocenters. The van der Waals surface area contributed by atoms with E-state index in [0.717, 1.165) is 12.8 Å². The lowest BCUT2D eigenvalue weighted by Gasteiger charge is -2.20. The number of hydrogen-bond donors (Lipinski definition) is 2. The molecule has 0 saturated heterocycles. The molecule has 3 unspecified atom stereocenters. The summed E-state index contributed by atoms with van der Waals surface area (Å²) in [4.78, 5) is 20.5. The lowest BCUT2D eigenvalue weighted by atomic mass is 9.88. The summed E-state index contributed by atoms with van der Waals surface area (Å²) in [6.07, 6.45) is 6.03. The molecule has 8 heteroatoms. The van der Waals surface area contributed by atoms with Crippen LogP contribution in [0.2, 0.25) is 0 Å². The van der Waals surface area contributed by atoms with E-state index in [2.05, 4.69) is 20.0 Å². The highest BCUT2D eigenvalue weighted by molar-refractivity contribution is 7.92. The highest BCUT2D eigenvalue weighted by atomic mass is 32.2. The summed E-state index contributed by atoms with van der Waals surface area (Å²) in [6, 6.07) is 7.84. The molecule has 2 aliphatic carbocycles. The molecule has 0 spiro atoms. The van der Waals surface area contributed by atoms with Gasteiger partial charge in [-0.15, -0.1) is 0 Å². The molecule has 2 fully saturated rings. The van der Waals surface area contributed by atoms with Crippen LogP contribution < -0.4 is 10.0 Å². The monoisotopic (exact) mass is 386 g/mol. The summed E-state index contributed by atoms with van der Waals surface area (Å²) in [5.41, 5.74) is 1.27. The number of sulfonamides is 1. The van der Waals surface area contributed by atoms with Gasteiger partial charge in [0.2, 0.25) is 11.9 Å². The van der Waals surface area contributed by atoms with Crippen molar-refractivity contribution in [3.05, 3.63) is 42.2 Å². The first kappa shape index (κ1) is 17.9. The zero-order valence-corrected chi connectivity index (χ0v) is 15.9. The molecule has 4 rings (SSSR count). The minimum atomic E-state index is -3.79. The van der Waals surface area contributed by atoms with Gasteiger partial charge in [0.05, 0.1) is 4.90 Å². The van der Waals surface area contributed by atoms with Crippen LogP contribution in [0.15, 0.2) is 41.4 Å². The van der Waals surface area contributed by atoms with Crippen LogP contribution in [-0.2, 0) is 14.8 Å². The molecule has 2 N–H and O–H groups in total. The van der Waals surface area contributed by atoms with Gasteiger partial charge in [-0.3, -0.25) is 4.79 Å². The third kappa shape index (κ3) is 3.80. The van der Waals surface area contributed by atoms with Crippen molar-refractivity contribution in [3.8, 4) is 0 Å². The summed E-state index contributed by atoms with van der Waals surface area (Å²) in [6.45, 7) is 1.76. The van der Waals surface area contributed by atoms with E-state index in [9.17, 15) is 13.2 Å². The predicted molar refractivity (Wildman–Crippen MR) is 102 cm³/mol. The van der Waals surface area contributed by atoms with E-state index in [-0.39, 0.29) is 22.7 Å². The Labute approximate surface area is 158 Å². The number of anilines is 2. The van der Waals surface area contributed by atoms with E-state index in [4.69, 9.17) is 0 Å². The maximum Gasteiger partial charge on any atom is 0.264 e. The minimum absolute atomic E-state index is 0.0312. The van der Waals surface area contributed by atoms with Gasteiger partial charge in [-0.1, -0.05) is 6.42 Å². The molecule has 1 aromatic heterocycles. The van der Waals surface area contributed by atoms with Gasteiger partial charge in [0, 0.05) is 23.5 Å². The average Bonchev–Trinajstić information content (AvgIpc) is 3.25. The standard InChI is InChI=1S/C19H22N4O3S/c1-12-8-9-20-19(21-12)23-27(25,26)16-6-4-15(5-7-16)22-18(24)17-11-13-2-3-14(17)10-13/h4-9,13-14,17H,2-3,10-11H2,1H3,(H,22,24)(H,20,21,23).